The van der Waals surface area contributed by atoms with Gasteiger partial charge in [-0.1, -0.05) is 12.7 Å². The van der Waals surface area contributed by atoms with E-state index in [0.717, 1.165) is 19.3 Å². The van der Waals surface area contributed by atoms with Crippen molar-refractivity contribution in [3.05, 3.63) is 25.0 Å². The van der Waals surface area contributed by atoms with Gasteiger partial charge in [0, 0.05) is 0 Å². The fraction of sp³-hybridized carbons (Fsp3) is 0.500. The third kappa shape index (κ3) is 4.15. The molecule has 0 saturated carbocycles. The zero-order valence-corrected chi connectivity index (χ0v) is 6.21. The van der Waals surface area contributed by atoms with Crippen LogP contribution in [0.15, 0.2) is 25.0 Å². The number of unbranched alkanes of at least 4 members (excludes halogenated alkanes) is 1. The van der Waals surface area contributed by atoms with Crippen LogP contribution in [-0.4, -0.2) is 11.1 Å². The van der Waals surface area contributed by atoms with Crippen molar-refractivity contribution in [3.8, 4) is 0 Å². The Morgan fingerprint density at radius 1 is 1.70 bits per heavy atom. The predicted octanol–water partition coefficient (Wildman–Crippen LogP) is 1.74. The van der Waals surface area contributed by atoms with Crippen LogP contribution in [0.4, 0.5) is 0 Å². The van der Waals surface area contributed by atoms with Gasteiger partial charge in [-0.15, -0.1) is 6.58 Å². The summed E-state index contributed by atoms with van der Waals surface area (Å²) in [5, 5.41) is 8.77. The molecule has 0 rings (SSSR count). The topological polar surface area (TPSA) is 46.2 Å². The van der Waals surface area contributed by atoms with Crippen molar-refractivity contribution in [2.24, 2.45) is 5.73 Å². The largest absolute Gasteiger partial charge is 0.511 e. The van der Waals surface area contributed by atoms with Gasteiger partial charge in [-0.2, -0.15) is 0 Å². The van der Waals surface area contributed by atoms with Crippen LogP contribution in [0.3, 0.4) is 0 Å². The van der Waals surface area contributed by atoms with E-state index in [4.69, 9.17) is 10.8 Å². The van der Waals surface area contributed by atoms with E-state index in [-0.39, 0.29) is 11.8 Å². The highest BCUT2D eigenvalue weighted by Gasteiger charge is 2.02. The molecule has 0 aliphatic carbocycles. The van der Waals surface area contributed by atoms with E-state index in [0.29, 0.717) is 0 Å². The zero-order valence-electron chi connectivity index (χ0n) is 6.21. The van der Waals surface area contributed by atoms with E-state index >= 15 is 0 Å². The van der Waals surface area contributed by atoms with E-state index < -0.39 is 0 Å². The molecular formula is C8H15NO. The van der Waals surface area contributed by atoms with Crippen molar-refractivity contribution in [1.82, 2.24) is 0 Å². The van der Waals surface area contributed by atoms with Crippen molar-refractivity contribution in [1.29, 1.82) is 0 Å². The molecule has 0 fully saturated rings. The van der Waals surface area contributed by atoms with Crippen molar-refractivity contribution in [3.63, 3.8) is 0 Å². The van der Waals surface area contributed by atoms with Gasteiger partial charge in [0.15, 0.2) is 0 Å². The van der Waals surface area contributed by atoms with E-state index in [2.05, 4.69) is 13.2 Å². The van der Waals surface area contributed by atoms with Crippen LogP contribution in [0.5, 0.6) is 0 Å². The Morgan fingerprint density at radius 2 is 2.30 bits per heavy atom. The Balaban J connectivity index is 3.30. The average molecular weight is 141 g/mol. The molecule has 2 nitrogen and oxygen atoms in total. The Bertz CT molecular complexity index is 120. The summed E-state index contributed by atoms with van der Waals surface area (Å²) in [7, 11) is 0. The van der Waals surface area contributed by atoms with Crippen molar-refractivity contribution in [2.75, 3.05) is 0 Å². The molecule has 0 aromatic carbocycles. The minimum atomic E-state index is -0.264. The fourth-order valence-corrected chi connectivity index (χ4v) is 0.649. The lowest BCUT2D eigenvalue weighted by Gasteiger charge is -2.07. The molecule has 0 aliphatic heterocycles. The predicted molar refractivity (Wildman–Crippen MR) is 43.8 cm³/mol. The molecule has 0 aromatic rings. The Morgan fingerprint density at radius 3 is 2.70 bits per heavy atom. The molecule has 10 heavy (non-hydrogen) atoms. The molecule has 0 radical (unpaired) electrons. The third-order valence-corrected chi connectivity index (χ3v) is 1.35. The minimum absolute atomic E-state index is 0.0732. The number of rotatable bonds is 5. The normalized spacial score (nSPS) is 12.5. The van der Waals surface area contributed by atoms with Crippen LogP contribution >= 0.6 is 0 Å². The number of nitrogens with two attached hydrogens (primary N) is 1. The van der Waals surface area contributed by atoms with Crippen LogP contribution in [0.1, 0.15) is 19.3 Å². The second kappa shape index (κ2) is 5.06. The third-order valence-electron chi connectivity index (χ3n) is 1.35. The molecule has 0 heterocycles. The summed E-state index contributed by atoms with van der Waals surface area (Å²) in [6, 6.07) is -0.264. The van der Waals surface area contributed by atoms with Gasteiger partial charge in [-0.25, -0.2) is 0 Å². The first-order valence-electron chi connectivity index (χ1n) is 3.42. The van der Waals surface area contributed by atoms with Crippen LogP contribution in [-0.2, 0) is 0 Å². The highest BCUT2D eigenvalue weighted by molar-refractivity contribution is 4.92. The SMILES string of the molecule is C=CCCCC(N)C(=C)O. The number of aliphatic hydroxyl groups excluding tert-OH is 1. The highest BCUT2D eigenvalue weighted by Crippen LogP contribution is 2.03. The maximum absolute atomic E-state index is 8.77. The second-order valence-corrected chi connectivity index (χ2v) is 2.32. The molecule has 0 aromatic heterocycles. The molecule has 0 spiro atoms. The van der Waals surface area contributed by atoms with E-state index in [9.17, 15) is 0 Å². The molecule has 0 amide bonds. The second-order valence-electron chi connectivity index (χ2n) is 2.32. The lowest BCUT2D eigenvalue weighted by Crippen LogP contribution is -2.21. The Kier molecular flexibility index (Phi) is 4.67. The Labute approximate surface area is 62.0 Å². The van der Waals surface area contributed by atoms with E-state index in [1.165, 1.54) is 0 Å². The van der Waals surface area contributed by atoms with Crippen LogP contribution in [0, 0.1) is 0 Å². The summed E-state index contributed by atoms with van der Waals surface area (Å²) in [6.45, 7) is 6.92. The summed E-state index contributed by atoms with van der Waals surface area (Å²) in [5.41, 5.74) is 5.47. The molecule has 0 saturated heterocycles. The van der Waals surface area contributed by atoms with E-state index in [1.807, 2.05) is 6.08 Å². The van der Waals surface area contributed by atoms with Crippen LogP contribution < -0.4 is 5.73 Å². The van der Waals surface area contributed by atoms with Gasteiger partial charge in [0.25, 0.3) is 0 Å². The molecular weight excluding hydrogens is 126 g/mol. The summed E-state index contributed by atoms with van der Waals surface area (Å²) < 4.78 is 0. The molecule has 2 heteroatoms. The molecule has 0 aliphatic rings. The van der Waals surface area contributed by atoms with Crippen molar-refractivity contribution >= 4 is 0 Å². The first-order chi connectivity index (χ1) is 4.68. The summed E-state index contributed by atoms with van der Waals surface area (Å²) in [6.07, 6.45) is 4.53. The molecule has 0 bridgehead atoms. The first-order valence-corrected chi connectivity index (χ1v) is 3.42. The number of aliphatic hydroxyl groups is 1. The Hall–Kier alpha value is -0.760. The van der Waals surface area contributed by atoms with Gasteiger partial charge < -0.3 is 10.8 Å². The molecule has 1 unspecified atom stereocenters. The number of hydrogen-bond acceptors (Lipinski definition) is 2. The standard InChI is InChI=1S/C8H15NO/c1-3-4-5-6-8(9)7(2)10/h3,8,10H,1-2,4-6,9H2. The van der Waals surface area contributed by atoms with Crippen LogP contribution in [0.2, 0.25) is 0 Å². The average Bonchev–Trinajstić information content (AvgIpc) is 1.88. The zero-order chi connectivity index (χ0) is 7.98. The van der Waals surface area contributed by atoms with E-state index in [1.54, 1.807) is 0 Å². The first kappa shape index (κ1) is 9.24. The summed E-state index contributed by atoms with van der Waals surface area (Å²) >= 11 is 0. The fourth-order valence-electron chi connectivity index (χ4n) is 0.649. The lowest BCUT2D eigenvalue weighted by atomic mass is 10.1. The van der Waals surface area contributed by atoms with Gasteiger partial charge in [-0.05, 0) is 19.3 Å². The molecule has 3 N–H and O–H groups in total. The van der Waals surface area contributed by atoms with Crippen LogP contribution in [0.25, 0.3) is 0 Å². The highest BCUT2D eigenvalue weighted by atomic mass is 16.3. The van der Waals surface area contributed by atoms with Crippen molar-refractivity contribution < 1.29 is 5.11 Å². The summed E-state index contributed by atoms with van der Waals surface area (Å²) in [5.74, 6) is 0.0732. The summed E-state index contributed by atoms with van der Waals surface area (Å²) in [4.78, 5) is 0. The van der Waals surface area contributed by atoms with Crippen molar-refractivity contribution in [2.45, 2.75) is 25.3 Å². The van der Waals surface area contributed by atoms with Gasteiger partial charge >= 0.3 is 0 Å². The smallest absolute Gasteiger partial charge is 0.102 e. The van der Waals surface area contributed by atoms with Gasteiger partial charge in [0.2, 0.25) is 0 Å². The number of hydrogen-bond donors (Lipinski definition) is 2. The monoisotopic (exact) mass is 141 g/mol. The number of allylic oxidation sites excluding steroid dienone is 1. The molecule has 1 atom stereocenters. The minimum Gasteiger partial charge on any atom is -0.511 e. The van der Waals surface area contributed by atoms with Gasteiger partial charge in [0.05, 0.1) is 6.04 Å². The van der Waals surface area contributed by atoms with Gasteiger partial charge in [-0.3, -0.25) is 0 Å². The lowest BCUT2D eigenvalue weighted by molar-refractivity contribution is 0.360. The quantitative estimate of drug-likeness (QED) is 0.348. The molecule has 58 valence electrons. The van der Waals surface area contributed by atoms with Gasteiger partial charge in [0.1, 0.15) is 5.76 Å². The maximum atomic E-state index is 8.77. The maximum Gasteiger partial charge on any atom is 0.102 e.